The number of aromatic nitrogens is 3. The van der Waals surface area contributed by atoms with Gasteiger partial charge < -0.3 is 14.6 Å². The van der Waals surface area contributed by atoms with E-state index in [1.807, 2.05) is 35.8 Å². The molecule has 7 nitrogen and oxygen atoms in total. The van der Waals surface area contributed by atoms with E-state index in [-0.39, 0.29) is 17.6 Å². The van der Waals surface area contributed by atoms with Gasteiger partial charge in [0, 0.05) is 6.54 Å². The van der Waals surface area contributed by atoms with E-state index in [0.29, 0.717) is 17.5 Å². The summed E-state index contributed by atoms with van der Waals surface area (Å²) < 4.78 is 7.38. The highest BCUT2D eigenvalue weighted by molar-refractivity contribution is 7.99. The van der Waals surface area contributed by atoms with Gasteiger partial charge in [0.2, 0.25) is 5.91 Å². The number of para-hydroxylation sites is 1. The maximum Gasteiger partial charge on any atom is 0.231 e. The Kier molecular flexibility index (Phi) is 5.71. The smallest absolute Gasteiger partial charge is 0.231 e. The normalized spacial score (nSPS) is 15.6. The molecule has 1 aromatic carbocycles. The fourth-order valence-electron chi connectivity index (χ4n) is 3.05. The van der Waals surface area contributed by atoms with Gasteiger partial charge in [0.1, 0.15) is 11.3 Å². The first-order valence-electron chi connectivity index (χ1n) is 8.94. The second-order valence-electron chi connectivity index (χ2n) is 6.68. The number of hydrogen-bond donors (Lipinski definition) is 1. The molecule has 1 fully saturated rings. The zero-order chi connectivity index (χ0) is 19.4. The van der Waals surface area contributed by atoms with Crippen LogP contribution in [0.15, 0.2) is 29.4 Å². The van der Waals surface area contributed by atoms with Gasteiger partial charge in [-0.25, -0.2) is 0 Å². The van der Waals surface area contributed by atoms with Crippen molar-refractivity contribution in [2.24, 2.45) is 5.92 Å². The van der Waals surface area contributed by atoms with Crippen molar-refractivity contribution in [3.63, 3.8) is 0 Å². The second kappa shape index (κ2) is 8.01. The van der Waals surface area contributed by atoms with Crippen LogP contribution >= 0.6 is 11.8 Å². The van der Waals surface area contributed by atoms with Gasteiger partial charge in [0.05, 0.1) is 24.5 Å². The molecule has 1 saturated carbocycles. The van der Waals surface area contributed by atoms with E-state index < -0.39 is 5.54 Å². The lowest BCUT2D eigenvalue weighted by molar-refractivity contribution is -0.119. The molecule has 1 amide bonds. The van der Waals surface area contributed by atoms with Gasteiger partial charge in [0.15, 0.2) is 11.0 Å². The number of rotatable bonds is 8. The Morgan fingerprint density at radius 1 is 1.44 bits per heavy atom. The van der Waals surface area contributed by atoms with Crippen LogP contribution in [0.4, 0.5) is 0 Å². The average Bonchev–Trinajstić information content (AvgIpc) is 3.47. The van der Waals surface area contributed by atoms with Crippen LogP contribution in [0.5, 0.6) is 5.75 Å². The summed E-state index contributed by atoms with van der Waals surface area (Å²) in [6.07, 6.45) is 1.98. The molecule has 142 valence electrons. The summed E-state index contributed by atoms with van der Waals surface area (Å²) in [4.78, 5) is 12.3. The van der Waals surface area contributed by atoms with Crippen molar-refractivity contribution in [3.8, 4) is 23.2 Å². The number of nitrogens with one attached hydrogen (secondary N) is 1. The predicted molar refractivity (Wildman–Crippen MR) is 103 cm³/mol. The topological polar surface area (TPSA) is 92.8 Å². The van der Waals surface area contributed by atoms with E-state index in [1.165, 1.54) is 11.8 Å². The minimum absolute atomic E-state index is 0.166. The van der Waals surface area contributed by atoms with Crippen LogP contribution in [0.3, 0.4) is 0 Å². The number of nitrogens with zero attached hydrogens (tertiary/aromatic N) is 4. The molecular weight excluding hydrogens is 362 g/mol. The Bertz CT molecular complexity index is 871. The number of nitriles is 1. The molecule has 1 aliphatic carbocycles. The maximum atomic E-state index is 12.3. The molecule has 0 aliphatic heterocycles. The third-order valence-electron chi connectivity index (χ3n) is 4.74. The van der Waals surface area contributed by atoms with Crippen molar-refractivity contribution in [1.82, 2.24) is 20.1 Å². The third kappa shape index (κ3) is 4.08. The minimum atomic E-state index is -0.779. The van der Waals surface area contributed by atoms with Crippen molar-refractivity contribution in [3.05, 3.63) is 24.3 Å². The van der Waals surface area contributed by atoms with Crippen LogP contribution in [0.2, 0.25) is 0 Å². The zero-order valence-corrected chi connectivity index (χ0v) is 16.5. The van der Waals surface area contributed by atoms with E-state index in [9.17, 15) is 10.1 Å². The molecule has 8 heteroatoms. The number of amides is 1. The van der Waals surface area contributed by atoms with Gasteiger partial charge >= 0.3 is 0 Å². The molecule has 3 rings (SSSR count). The van der Waals surface area contributed by atoms with E-state index in [0.717, 1.165) is 24.2 Å². The number of methoxy groups -OCH3 is 1. The first-order chi connectivity index (χ1) is 13.0. The van der Waals surface area contributed by atoms with E-state index in [1.54, 1.807) is 14.0 Å². The molecule has 0 bridgehead atoms. The molecular formula is C19H23N5O2S. The fourth-order valence-corrected chi connectivity index (χ4v) is 3.85. The molecule has 1 atom stereocenters. The summed E-state index contributed by atoms with van der Waals surface area (Å²) in [5.41, 5.74) is 0.0787. The third-order valence-corrected chi connectivity index (χ3v) is 5.71. The highest BCUT2D eigenvalue weighted by Crippen LogP contribution is 2.39. The number of carbonyl (C=O) groups is 1. The van der Waals surface area contributed by atoms with Gasteiger partial charge in [-0.05, 0) is 44.7 Å². The molecule has 0 radical (unpaired) electrons. The summed E-state index contributed by atoms with van der Waals surface area (Å²) >= 11 is 1.32. The molecule has 2 aromatic rings. The van der Waals surface area contributed by atoms with Crippen molar-refractivity contribution < 1.29 is 9.53 Å². The second-order valence-corrected chi connectivity index (χ2v) is 7.62. The van der Waals surface area contributed by atoms with Crippen molar-refractivity contribution in [2.75, 3.05) is 12.9 Å². The van der Waals surface area contributed by atoms with Crippen LogP contribution in [-0.2, 0) is 11.3 Å². The number of benzene rings is 1. The van der Waals surface area contributed by atoms with Crippen LogP contribution in [-0.4, -0.2) is 39.1 Å². The molecule has 0 saturated heterocycles. The summed E-state index contributed by atoms with van der Waals surface area (Å²) in [6.45, 7) is 4.47. The van der Waals surface area contributed by atoms with Crippen molar-refractivity contribution >= 4 is 17.7 Å². The summed E-state index contributed by atoms with van der Waals surface area (Å²) in [5, 5.41) is 21.5. The van der Waals surface area contributed by atoms with Crippen molar-refractivity contribution in [2.45, 2.75) is 43.9 Å². The standard InChI is InChI=1S/C19H23N5O2S/c1-4-24-17(14-7-5-6-8-15(14)26-3)22-23-18(24)27-11-16(25)21-19(2,12-20)13-9-10-13/h5-8,13H,4,9-11H2,1-3H3,(H,21,25)/t19-/m0/s1. The highest BCUT2D eigenvalue weighted by Gasteiger charge is 2.43. The Labute approximate surface area is 163 Å². The van der Waals surface area contributed by atoms with Gasteiger partial charge in [-0.3, -0.25) is 4.79 Å². The molecule has 1 N–H and O–H groups in total. The lowest BCUT2D eigenvalue weighted by atomic mass is 9.98. The number of hydrogen-bond acceptors (Lipinski definition) is 6. The SMILES string of the molecule is CCn1c(SCC(=O)N[C@@](C)(C#N)C2CC2)nnc1-c1ccccc1OC. The Morgan fingerprint density at radius 3 is 2.81 bits per heavy atom. The number of thioether (sulfide) groups is 1. The number of ether oxygens (including phenoxy) is 1. The monoisotopic (exact) mass is 385 g/mol. The summed E-state index contributed by atoms with van der Waals surface area (Å²) in [7, 11) is 1.62. The quantitative estimate of drug-likeness (QED) is 0.703. The lowest BCUT2D eigenvalue weighted by Gasteiger charge is -2.22. The Hall–Kier alpha value is -2.53. The van der Waals surface area contributed by atoms with E-state index in [4.69, 9.17) is 4.74 Å². The van der Waals surface area contributed by atoms with Gasteiger partial charge in [-0.15, -0.1) is 10.2 Å². The van der Waals surface area contributed by atoms with Gasteiger partial charge in [0.25, 0.3) is 0 Å². The first-order valence-corrected chi connectivity index (χ1v) is 9.92. The predicted octanol–water partition coefficient (Wildman–Crippen LogP) is 2.87. The lowest BCUT2D eigenvalue weighted by Crippen LogP contribution is -2.47. The van der Waals surface area contributed by atoms with E-state index in [2.05, 4.69) is 21.6 Å². The molecule has 27 heavy (non-hydrogen) atoms. The van der Waals surface area contributed by atoms with Crippen LogP contribution < -0.4 is 10.1 Å². The fraction of sp³-hybridized carbons (Fsp3) is 0.474. The molecule has 0 spiro atoms. The number of carbonyl (C=O) groups excluding carboxylic acids is 1. The summed E-state index contributed by atoms with van der Waals surface area (Å²) in [5.74, 6) is 1.71. The summed E-state index contributed by atoms with van der Waals surface area (Å²) in [6, 6.07) is 9.88. The van der Waals surface area contributed by atoms with Crippen LogP contribution in [0.1, 0.15) is 26.7 Å². The molecule has 1 aromatic heterocycles. The zero-order valence-electron chi connectivity index (χ0n) is 15.7. The first kappa shape index (κ1) is 19.2. The Morgan fingerprint density at radius 2 is 2.19 bits per heavy atom. The van der Waals surface area contributed by atoms with Crippen molar-refractivity contribution in [1.29, 1.82) is 5.26 Å². The van der Waals surface area contributed by atoms with Gasteiger partial charge in [-0.1, -0.05) is 23.9 Å². The largest absolute Gasteiger partial charge is 0.496 e. The average molecular weight is 385 g/mol. The van der Waals surface area contributed by atoms with E-state index >= 15 is 0 Å². The maximum absolute atomic E-state index is 12.3. The Balaban J connectivity index is 1.72. The molecule has 0 unspecified atom stereocenters. The molecule has 1 aliphatic rings. The highest BCUT2D eigenvalue weighted by atomic mass is 32.2. The van der Waals surface area contributed by atoms with Crippen LogP contribution in [0.25, 0.3) is 11.4 Å². The minimum Gasteiger partial charge on any atom is -0.496 e. The van der Waals surface area contributed by atoms with Crippen LogP contribution in [0, 0.1) is 17.2 Å². The molecule has 1 heterocycles. The van der Waals surface area contributed by atoms with Gasteiger partial charge in [-0.2, -0.15) is 5.26 Å².